The molecule has 4 nitrogen and oxygen atoms in total. The van der Waals surface area contributed by atoms with E-state index in [0.29, 0.717) is 26.1 Å². The molecule has 1 heterocycles. The van der Waals surface area contributed by atoms with E-state index in [1.807, 2.05) is 11.8 Å². The van der Waals surface area contributed by atoms with Gasteiger partial charge < -0.3 is 9.64 Å². The third-order valence-electron chi connectivity index (χ3n) is 4.96. The first-order chi connectivity index (χ1) is 11.7. The Morgan fingerprint density at radius 2 is 1.42 bits per heavy atom. The van der Waals surface area contributed by atoms with Gasteiger partial charge in [0, 0.05) is 19.5 Å². The summed E-state index contributed by atoms with van der Waals surface area (Å²) in [6.45, 7) is 5.94. The van der Waals surface area contributed by atoms with Crippen molar-refractivity contribution in [2.45, 2.75) is 90.9 Å². The zero-order chi connectivity index (χ0) is 17.6. The third-order valence-corrected chi connectivity index (χ3v) is 4.96. The van der Waals surface area contributed by atoms with Crippen LogP contribution in [0.1, 0.15) is 90.9 Å². The predicted molar refractivity (Wildman–Crippen MR) is 97.8 cm³/mol. The molecule has 0 aromatic rings. The summed E-state index contributed by atoms with van der Waals surface area (Å²) in [7, 11) is 0. The standard InChI is InChI=1S/C20H37NO3/c1-3-5-6-7-8-9-10-11-12-13-19(22)21-16-14-18(15-17-21)20(23)24-4-2/h18H,3-17H2,1-2H3. The molecule has 0 aromatic heterocycles. The van der Waals surface area contributed by atoms with Crippen molar-refractivity contribution in [1.82, 2.24) is 4.90 Å². The van der Waals surface area contributed by atoms with Gasteiger partial charge in [-0.05, 0) is 26.2 Å². The van der Waals surface area contributed by atoms with E-state index in [9.17, 15) is 9.59 Å². The van der Waals surface area contributed by atoms with Crippen LogP contribution in [0, 0.1) is 5.92 Å². The molecule has 0 spiro atoms. The number of piperidine rings is 1. The molecular weight excluding hydrogens is 302 g/mol. The highest BCUT2D eigenvalue weighted by Gasteiger charge is 2.27. The van der Waals surface area contributed by atoms with E-state index in [1.54, 1.807) is 0 Å². The zero-order valence-electron chi connectivity index (χ0n) is 15.9. The highest BCUT2D eigenvalue weighted by molar-refractivity contribution is 5.77. The Labute approximate surface area is 148 Å². The third kappa shape index (κ3) is 8.70. The maximum atomic E-state index is 12.2. The maximum absolute atomic E-state index is 12.2. The van der Waals surface area contributed by atoms with Crippen molar-refractivity contribution in [2.24, 2.45) is 5.92 Å². The van der Waals surface area contributed by atoms with Crippen molar-refractivity contribution in [3.05, 3.63) is 0 Å². The van der Waals surface area contributed by atoms with Crippen LogP contribution in [0.3, 0.4) is 0 Å². The molecule has 1 fully saturated rings. The van der Waals surface area contributed by atoms with E-state index in [0.717, 1.165) is 19.3 Å². The fourth-order valence-electron chi connectivity index (χ4n) is 3.37. The normalized spacial score (nSPS) is 15.5. The molecule has 0 saturated carbocycles. The number of hydrogen-bond donors (Lipinski definition) is 0. The van der Waals surface area contributed by atoms with Crippen LogP contribution in [0.4, 0.5) is 0 Å². The molecule has 4 heteroatoms. The van der Waals surface area contributed by atoms with Gasteiger partial charge in [0.05, 0.1) is 12.5 Å². The Bertz CT molecular complexity index is 349. The minimum absolute atomic E-state index is 0.0123. The monoisotopic (exact) mass is 339 g/mol. The first-order valence-electron chi connectivity index (χ1n) is 10.1. The minimum atomic E-state index is -0.0939. The second-order valence-corrected chi connectivity index (χ2v) is 6.99. The molecule has 0 aromatic carbocycles. The number of carbonyl (C=O) groups is 2. The van der Waals surface area contributed by atoms with Crippen molar-refractivity contribution in [1.29, 1.82) is 0 Å². The number of unbranched alkanes of at least 4 members (excludes halogenated alkanes) is 8. The Morgan fingerprint density at radius 1 is 0.875 bits per heavy atom. The molecule has 0 N–H and O–H groups in total. The van der Waals surface area contributed by atoms with Gasteiger partial charge in [0.15, 0.2) is 0 Å². The van der Waals surface area contributed by atoms with Crippen molar-refractivity contribution >= 4 is 11.9 Å². The van der Waals surface area contributed by atoms with Crippen molar-refractivity contribution < 1.29 is 14.3 Å². The number of esters is 1. The molecule has 0 atom stereocenters. The summed E-state index contributed by atoms with van der Waals surface area (Å²) in [6.07, 6.45) is 13.6. The van der Waals surface area contributed by atoms with E-state index >= 15 is 0 Å². The van der Waals surface area contributed by atoms with E-state index in [2.05, 4.69) is 6.92 Å². The van der Waals surface area contributed by atoms with Gasteiger partial charge >= 0.3 is 5.97 Å². The predicted octanol–water partition coefficient (Wildman–Crippen LogP) is 4.71. The second kappa shape index (κ2) is 13.3. The highest BCUT2D eigenvalue weighted by atomic mass is 16.5. The molecule has 1 rings (SSSR count). The van der Waals surface area contributed by atoms with Gasteiger partial charge in [0.1, 0.15) is 0 Å². The summed E-state index contributed by atoms with van der Waals surface area (Å²) in [4.78, 5) is 25.9. The first-order valence-corrected chi connectivity index (χ1v) is 10.1. The summed E-state index contributed by atoms with van der Waals surface area (Å²) >= 11 is 0. The number of nitrogens with zero attached hydrogens (tertiary/aromatic N) is 1. The van der Waals surface area contributed by atoms with E-state index < -0.39 is 0 Å². The lowest BCUT2D eigenvalue weighted by Crippen LogP contribution is -2.40. The van der Waals surface area contributed by atoms with Gasteiger partial charge in [-0.3, -0.25) is 9.59 Å². The SMILES string of the molecule is CCCCCCCCCCCC(=O)N1CCC(C(=O)OCC)CC1. The summed E-state index contributed by atoms with van der Waals surface area (Å²) in [5, 5.41) is 0. The van der Waals surface area contributed by atoms with Crippen LogP contribution in [-0.2, 0) is 14.3 Å². The number of amides is 1. The van der Waals surface area contributed by atoms with Gasteiger partial charge in [-0.15, -0.1) is 0 Å². The fourth-order valence-corrected chi connectivity index (χ4v) is 3.37. The molecule has 140 valence electrons. The molecule has 0 bridgehead atoms. The average molecular weight is 340 g/mol. The van der Waals surface area contributed by atoms with Crippen molar-refractivity contribution in [2.75, 3.05) is 19.7 Å². The van der Waals surface area contributed by atoms with Crippen LogP contribution in [0.2, 0.25) is 0 Å². The summed E-state index contributed by atoms with van der Waals surface area (Å²) in [6, 6.07) is 0. The van der Waals surface area contributed by atoms with Gasteiger partial charge in [0.25, 0.3) is 0 Å². The molecular formula is C20H37NO3. The second-order valence-electron chi connectivity index (χ2n) is 6.99. The van der Waals surface area contributed by atoms with Crippen LogP contribution in [-0.4, -0.2) is 36.5 Å². The number of rotatable bonds is 12. The first kappa shape index (κ1) is 21.0. The van der Waals surface area contributed by atoms with E-state index in [1.165, 1.54) is 51.4 Å². The minimum Gasteiger partial charge on any atom is -0.466 e. The maximum Gasteiger partial charge on any atom is 0.309 e. The topological polar surface area (TPSA) is 46.6 Å². The molecule has 1 aliphatic heterocycles. The van der Waals surface area contributed by atoms with Gasteiger partial charge in [0.2, 0.25) is 5.91 Å². The van der Waals surface area contributed by atoms with Gasteiger partial charge in [-0.2, -0.15) is 0 Å². The number of likely N-dealkylation sites (tertiary alicyclic amines) is 1. The van der Waals surface area contributed by atoms with Crippen molar-refractivity contribution in [3.63, 3.8) is 0 Å². The van der Waals surface area contributed by atoms with Crippen molar-refractivity contribution in [3.8, 4) is 0 Å². The Morgan fingerprint density at radius 3 is 1.96 bits per heavy atom. The summed E-state index contributed by atoms with van der Waals surface area (Å²) in [5.74, 6) is 0.158. The molecule has 24 heavy (non-hydrogen) atoms. The lowest BCUT2D eigenvalue weighted by Gasteiger charge is -2.31. The number of hydrogen-bond acceptors (Lipinski definition) is 3. The molecule has 0 radical (unpaired) electrons. The molecule has 0 unspecified atom stereocenters. The lowest BCUT2D eigenvalue weighted by atomic mass is 9.96. The molecule has 1 aliphatic rings. The summed E-state index contributed by atoms with van der Waals surface area (Å²) in [5.41, 5.74) is 0. The number of carbonyl (C=O) groups excluding carboxylic acids is 2. The molecule has 1 amide bonds. The van der Waals surface area contributed by atoms with Crippen LogP contribution >= 0.6 is 0 Å². The van der Waals surface area contributed by atoms with Crippen LogP contribution < -0.4 is 0 Å². The number of ether oxygens (including phenoxy) is 1. The van der Waals surface area contributed by atoms with Gasteiger partial charge in [-0.1, -0.05) is 58.3 Å². The van der Waals surface area contributed by atoms with Crippen LogP contribution in [0.25, 0.3) is 0 Å². The largest absolute Gasteiger partial charge is 0.466 e. The smallest absolute Gasteiger partial charge is 0.309 e. The quantitative estimate of drug-likeness (QED) is 0.382. The average Bonchev–Trinajstić information content (AvgIpc) is 2.60. The van der Waals surface area contributed by atoms with E-state index in [4.69, 9.17) is 4.74 Å². The Kier molecular flexibility index (Phi) is 11.6. The highest BCUT2D eigenvalue weighted by Crippen LogP contribution is 2.20. The van der Waals surface area contributed by atoms with Crippen LogP contribution in [0.5, 0.6) is 0 Å². The lowest BCUT2D eigenvalue weighted by molar-refractivity contribution is -0.151. The van der Waals surface area contributed by atoms with E-state index in [-0.39, 0.29) is 17.8 Å². The van der Waals surface area contributed by atoms with Gasteiger partial charge in [-0.25, -0.2) is 0 Å². The Hall–Kier alpha value is -1.06. The molecule has 1 saturated heterocycles. The van der Waals surface area contributed by atoms with Crippen LogP contribution in [0.15, 0.2) is 0 Å². The zero-order valence-corrected chi connectivity index (χ0v) is 15.9. The summed E-state index contributed by atoms with van der Waals surface area (Å²) < 4.78 is 5.07. The molecule has 0 aliphatic carbocycles. The Balaban J connectivity index is 2.01. The fraction of sp³-hybridized carbons (Fsp3) is 0.900.